The Kier molecular flexibility index (Phi) is 1.96. The highest BCUT2D eigenvalue weighted by Crippen LogP contribution is 2.15. The van der Waals surface area contributed by atoms with E-state index in [-0.39, 0.29) is 11.9 Å². The van der Waals surface area contributed by atoms with Gasteiger partial charge in [-0.15, -0.1) is 0 Å². The monoisotopic (exact) mass is 167 g/mol. The lowest BCUT2D eigenvalue weighted by Crippen LogP contribution is -2.40. The second kappa shape index (κ2) is 3.11. The quantitative estimate of drug-likeness (QED) is 0.722. The largest absolute Gasteiger partial charge is 0.377 e. The zero-order valence-corrected chi connectivity index (χ0v) is 6.59. The van der Waals surface area contributed by atoms with Crippen molar-refractivity contribution in [3.63, 3.8) is 0 Å². The summed E-state index contributed by atoms with van der Waals surface area (Å²) in [5.74, 6) is -0.204. The number of halogens is 1. The molecule has 1 aromatic carbocycles. The Morgan fingerprint density at radius 1 is 1.33 bits per heavy atom. The second-order valence-electron chi connectivity index (χ2n) is 2.86. The molecule has 0 atom stereocenters. The van der Waals surface area contributed by atoms with Crippen molar-refractivity contribution in [1.82, 2.24) is 0 Å². The number of rotatable bonds is 2. The van der Waals surface area contributed by atoms with Gasteiger partial charge < -0.3 is 10.1 Å². The molecule has 1 aromatic rings. The number of ether oxygens (including phenoxy) is 1. The minimum Gasteiger partial charge on any atom is -0.377 e. The van der Waals surface area contributed by atoms with E-state index in [1.54, 1.807) is 12.1 Å². The summed E-state index contributed by atoms with van der Waals surface area (Å²) in [4.78, 5) is 0. The Morgan fingerprint density at radius 3 is 2.67 bits per heavy atom. The molecule has 1 fully saturated rings. The predicted molar refractivity (Wildman–Crippen MR) is 44.6 cm³/mol. The number of nitrogens with one attached hydrogen (secondary N) is 1. The van der Waals surface area contributed by atoms with Crippen LogP contribution in [0.1, 0.15) is 0 Å². The minimum absolute atomic E-state index is 0.204. The van der Waals surface area contributed by atoms with Gasteiger partial charge in [-0.1, -0.05) is 12.1 Å². The van der Waals surface area contributed by atoms with Crippen LogP contribution in [0.5, 0.6) is 0 Å². The SMILES string of the molecule is Fc1ccccc1NC1COC1. The molecule has 0 aliphatic carbocycles. The summed E-state index contributed by atoms with van der Waals surface area (Å²) >= 11 is 0. The first-order chi connectivity index (χ1) is 5.86. The molecule has 0 unspecified atom stereocenters. The summed E-state index contributed by atoms with van der Waals surface area (Å²) in [5.41, 5.74) is 0.561. The molecule has 2 nitrogen and oxygen atoms in total. The van der Waals surface area contributed by atoms with Crippen molar-refractivity contribution in [2.24, 2.45) is 0 Å². The Balaban J connectivity index is 2.06. The standard InChI is InChI=1S/C9H10FNO/c10-8-3-1-2-4-9(8)11-7-5-12-6-7/h1-4,7,11H,5-6H2. The van der Waals surface area contributed by atoms with Gasteiger partial charge in [-0.2, -0.15) is 0 Å². The third-order valence-corrected chi connectivity index (χ3v) is 1.87. The molecule has 0 radical (unpaired) electrons. The van der Waals surface area contributed by atoms with Crippen molar-refractivity contribution in [3.05, 3.63) is 30.1 Å². The summed E-state index contributed by atoms with van der Waals surface area (Å²) in [7, 11) is 0. The predicted octanol–water partition coefficient (Wildman–Crippen LogP) is 1.64. The smallest absolute Gasteiger partial charge is 0.146 e. The molecule has 1 heterocycles. The van der Waals surface area contributed by atoms with Gasteiger partial charge in [0.2, 0.25) is 0 Å². The molecule has 1 aliphatic heterocycles. The fourth-order valence-electron chi connectivity index (χ4n) is 1.12. The number of hydrogen-bond donors (Lipinski definition) is 1. The number of para-hydroxylation sites is 1. The van der Waals surface area contributed by atoms with Crippen LogP contribution in [-0.2, 0) is 4.74 Å². The van der Waals surface area contributed by atoms with E-state index in [0.29, 0.717) is 18.9 Å². The fraction of sp³-hybridized carbons (Fsp3) is 0.333. The first kappa shape index (κ1) is 7.55. The van der Waals surface area contributed by atoms with E-state index in [2.05, 4.69) is 5.32 Å². The lowest BCUT2D eigenvalue weighted by Gasteiger charge is -2.27. The van der Waals surface area contributed by atoms with E-state index in [1.807, 2.05) is 6.07 Å². The van der Waals surface area contributed by atoms with E-state index >= 15 is 0 Å². The zero-order valence-electron chi connectivity index (χ0n) is 6.59. The molecule has 0 spiro atoms. The highest BCUT2D eigenvalue weighted by atomic mass is 19.1. The molecule has 2 rings (SSSR count). The Labute approximate surface area is 70.3 Å². The van der Waals surface area contributed by atoms with Crippen molar-refractivity contribution in [3.8, 4) is 0 Å². The summed E-state index contributed by atoms with van der Waals surface area (Å²) in [6.45, 7) is 1.35. The molecular weight excluding hydrogens is 157 g/mol. The topological polar surface area (TPSA) is 21.3 Å². The van der Waals surface area contributed by atoms with Crippen LogP contribution < -0.4 is 5.32 Å². The summed E-state index contributed by atoms with van der Waals surface area (Å²) in [5, 5.41) is 3.05. The summed E-state index contributed by atoms with van der Waals surface area (Å²) < 4.78 is 18.0. The average molecular weight is 167 g/mol. The van der Waals surface area contributed by atoms with Gasteiger partial charge in [0.05, 0.1) is 24.9 Å². The van der Waals surface area contributed by atoms with Crippen molar-refractivity contribution < 1.29 is 9.13 Å². The number of benzene rings is 1. The lowest BCUT2D eigenvalue weighted by atomic mass is 10.2. The minimum atomic E-state index is -0.204. The van der Waals surface area contributed by atoms with Crippen LogP contribution in [0.2, 0.25) is 0 Å². The van der Waals surface area contributed by atoms with Crippen LogP contribution in [0, 0.1) is 5.82 Å². The van der Waals surface area contributed by atoms with Crippen LogP contribution in [0.4, 0.5) is 10.1 Å². The molecule has 64 valence electrons. The Morgan fingerprint density at radius 2 is 2.08 bits per heavy atom. The maximum atomic E-state index is 13.0. The van der Waals surface area contributed by atoms with Crippen LogP contribution >= 0.6 is 0 Å². The number of hydrogen-bond acceptors (Lipinski definition) is 2. The lowest BCUT2D eigenvalue weighted by molar-refractivity contribution is 0.0210. The Hall–Kier alpha value is -1.09. The van der Waals surface area contributed by atoms with Crippen LogP contribution in [0.25, 0.3) is 0 Å². The first-order valence-corrected chi connectivity index (χ1v) is 3.95. The van der Waals surface area contributed by atoms with Crippen LogP contribution in [0.3, 0.4) is 0 Å². The van der Waals surface area contributed by atoms with Crippen LogP contribution in [0.15, 0.2) is 24.3 Å². The van der Waals surface area contributed by atoms with Crippen molar-refractivity contribution in [2.75, 3.05) is 18.5 Å². The van der Waals surface area contributed by atoms with Gasteiger partial charge in [0.25, 0.3) is 0 Å². The molecule has 3 heteroatoms. The van der Waals surface area contributed by atoms with Gasteiger partial charge in [-0.05, 0) is 12.1 Å². The third kappa shape index (κ3) is 1.41. The Bertz CT molecular complexity index is 273. The highest BCUT2D eigenvalue weighted by Gasteiger charge is 2.18. The second-order valence-corrected chi connectivity index (χ2v) is 2.86. The van der Waals surface area contributed by atoms with Crippen molar-refractivity contribution in [2.45, 2.75) is 6.04 Å². The van der Waals surface area contributed by atoms with E-state index in [1.165, 1.54) is 6.07 Å². The summed E-state index contributed by atoms with van der Waals surface area (Å²) in [6, 6.07) is 6.94. The van der Waals surface area contributed by atoms with E-state index < -0.39 is 0 Å². The highest BCUT2D eigenvalue weighted by molar-refractivity contribution is 5.45. The third-order valence-electron chi connectivity index (χ3n) is 1.87. The molecule has 0 amide bonds. The zero-order chi connectivity index (χ0) is 8.39. The summed E-state index contributed by atoms with van der Waals surface area (Å²) in [6.07, 6.45) is 0. The molecule has 1 saturated heterocycles. The molecule has 0 aromatic heterocycles. The molecular formula is C9H10FNO. The molecule has 0 bridgehead atoms. The van der Waals surface area contributed by atoms with E-state index in [4.69, 9.17) is 4.74 Å². The number of anilines is 1. The van der Waals surface area contributed by atoms with Gasteiger partial charge in [0.15, 0.2) is 0 Å². The van der Waals surface area contributed by atoms with Gasteiger partial charge in [-0.25, -0.2) is 4.39 Å². The fourth-order valence-corrected chi connectivity index (χ4v) is 1.12. The average Bonchev–Trinajstić information content (AvgIpc) is 2.00. The molecule has 12 heavy (non-hydrogen) atoms. The van der Waals surface area contributed by atoms with E-state index in [0.717, 1.165) is 0 Å². The maximum absolute atomic E-state index is 13.0. The normalized spacial score (nSPS) is 17.1. The first-order valence-electron chi connectivity index (χ1n) is 3.95. The van der Waals surface area contributed by atoms with Crippen molar-refractivity contribution >= 4 is 5.69 Å². The van der Waals surface area contributed by atoms with Gasteiger partial charge >= 0.3 is 0 Å². The van der Waals surface area contributed by atoms with Gasteiger partial charge in [-0.3, -0.25) is 0 Å². The van der Waals surface area contributed by atoms with E-state index in [9.17, 15) is 4.39 Å². The molecule has 1 N–H and O–H groups in total. The van der Waals surface area contributed by atoms with Gasteiger partial charge in [0, 0.05) is 0 Å². The van der Waals surface area contributed by atoms with Gasteiger partial charge in [0.1, 0.15) is 5.82 Å². The van der Waals surface area contributed by atoms with Crippen LogP contribution in [-0.4, -0.2) is 19.3 Å². The molecule has 0 saturated carbocycles. The molecule has 1 aliphatic rings. The van der Waals surface area contributed by atoms with Crippen molar-refractivity contribution in [1.29, 1.82) is 0 Å². The maximum Gasteiger partial charge on any atom is 0.146 e.